The molecule has 0 aliphatic rings. The van der Waals surface area contributed by atoms with Gasteiger partial charge < -0.3 is 5.32 Å². The molecule has 1 heterocycles. The molecule has 1 aromatic carbocycles. The van der Waals surface area contributed by atoms with Gasteiger partial charge in [-0.25, -0.2) is 4.98 Å². The van der Waals surface area contributed by atoms with Crippen LogP contribution < -0.4 is 5.32 Å². The number of aryl methyl sites for hydroxylation is 3. The van der Waals surface area contributed by atoms with Crippen molar-refractivity contribution in [3.8, 4) is 0 Å². The molecule has 0 aliphatic heterocycles. The van der Waals surface area contributed by atoms with Crippen LogP contribution in [0.5, 0.6) is 0 Å². The van der Waals surface area contributed by atoms with Crippen molar-refractivity contribution in [2.24, 2.45) is 0 Å². The molecular weight excluding hydrogens is 336 g/mol. The summed E-state index contributed by atoms with van der Waals surface area (Å²) in [5.41, 5.74) is 2.72. The minimum atomic E-state index is -0.0626. The molecule has 0 saturated heterocycles. The number of hydrogen-bond acceptors (Lipinski definition) is 3. The highest BCUT2D eigenvalue weighted by atomic mass is 79.9. The van der Waals surface area contributed by atoms with Gasteiger partial charge in [-0.3, -0.25) is 4.79 Å². The van der Waals surface area contributed by atoms with Crippen molar-refractivity contribution >= 4 is 33.2 Å². The van der Waals surface area contributed by atoms with E-state index in [1.165, 1.54) is 0 Å². The number of thiazole rings is 1. The second kappa shape index (κ2) is 6.06. The number of benzene rings is 1. The van der Waals surface area contributed by atoms with E-state index in [4.69, 9.17) is 0 Å². The van der Waals surface area contributed by atoms with Gasteiger partial charge in [0.2, 0.25) is 0 Å². The number of halogens is 1. The van der Waals surface area contributed by atoms with E-state index in [2.05, 4.69) is 26.2 Å². The van der Waals surface area contributed by atoms with Gasteiger partial charge >= 0.3 is 0 Å². The predicted octanol–water partition coefficient (Wildman–Crippen LogP) is 4.32. The number of rotatable bonds is 3. The molecule has 2 aromatic rings. The first-order chi connectivity index (χ1) is 9.36. The van der Waals surface area contributed by atoms with Crippen LogP contribution in [0.2, 0.25) is 0 Å². The normalized spacial score (nSPS) is 12.2. The van der Waals surface area contributed by atoms with E-state index in [0.717, 1.165) is 25.6 Å². The number of aromatic nitrogens is 1. The van der Waals surface area contributed by atoms with Crippen molar-refractivity contribution in [3.05, 3.63) is 49.4 Å². The Hall–Kier alpha value is -1.20. The predicted molar refractivity (Wildman–Crippen MR) is 86.3 cm³/mol. The lowest BCUT2D eigenvalue weighted by atomic mass is 10.1. The van der Waals surface area contributed by atoms with E-state index >= 15 is 0 Å². The van der Waals surface area contributed by atoms with Crippen LogP contribution in [0.1, 0.15) is 44.5 Å². The third kappa shape index (κ3) is 3.46. The second-order valence-electron chi connectivity index (χ2n) is 4.89. The summed E-state index contributed by atoms with van der Waals surface area (Å²) < 4.78 is 0.917. The zero-order valence-electron chi connectivity index (χ0n) is 12.0. The fraction of sp³-hybridized carbons (Fsp3) is 0.333. The first-order valence-electron chi connectivity index (χ1n) is 6.39. The smallest absolute Gasteiger partial charge is 0.251 e. The molecule has 2 rings (SSSR count). The van der Waals surface area contributed by atoms with Crippen molar-refractivity contribution in [2.75, 3.05) is 0 Å². The summed E-state index contributed by atoms with van der Waals surface area (Å²) in [6.07, 6.45) is 0. The Kier molecular flexibility index (Phi) is 4.60. The van der Waals surface area contributed by atoms with Gasteiger partial charge in [-0.15, -0.1) is 11.3 Å². The summed E-state index contributed by atoms with van der Waals surface area (Å²) in [6.45, 7) is 7.92. The first kappa shape index (κ1) is 15.2. The Morgan fingerprint density at radius 2 is 2.00 bits per heavy atom. The van der Waals surface area contributed by atoms with E-state index in [1.54, 1.807) is 11.3 Å². The Bertz CT molecular complexity index is 631. The lowest BCUT2D eigenvalue weighted by Gasteiger charge is -2.13. The molecule has 1 unspecified atom stereocenters. The molecule has 20 heavy (non-hydrogen) atoms. The summed E-state index contributed by atoms with van der Waals surface area (Å²) in [5.74, 6) is -0.0626. The van der Waals surface area contributed by atoms with E-state index in [0.29, 0.717) is 5.56 Å². The summed E-state index contributed by atoms with van der Waals surface area (Å²) >= 11 is 5.05. The van der Waals surface area contributed by atoms with Crippen LogP contribution in [0.25, 0.3) is 0 Å². The molecule has 1 aromatic heterocycles. The molecule has 106 valence electrons. The fourth-order valence-corrected chi connectivity index (χ4v) is 3.70. The zero-order valence-corrected chi connectivity index (χ0v) is 14.4. The summed E-state index contributed by atoms with van der Waals surface area (Å²) in [4.78, 5) is 17.8. The molecule has 0 bridgehead atoms. The largest absolute Gasteiger partial charge is 0.345 e. The number of hydrogen-bond donors (Lipinski definition) is 1. The van der Waals surface area contributed by atoms with Crippen molar-refractivity contribution in [3.63, 3.8) is 0 Å². The maximum absolute atomic E-state index is 12.3. The van der Waals surface area contributed by atoms with Gasteiger partial charge in [0.1, 0.15) is 0 Å². The molecule has 0 aliphatic carbocycles. The van der Waals surface area contributed by atoms with Crippen molar-refractivity contribution in [2.45, 2.75) is 33.7 Å². The van der Waals surface area contributed by atoms with Crippen molar-refractivity contribution in [1.29, 1.82) is 0 Å². The van der Waals surface area contributed by atoms with E-state index in [-0.39, 0.29) is 11.9 Å². The highest BCUT2D eigenvalue weighted by Gasteiger charge is 2.16. The molecule has 5 heteroatoms. The van der Waals surface area contributed by atoms with Gasteiger partial charge in [-0.1, -0.05) is 15.9 Å². The molecule has 1 N–H and O–H groups in total. The molecule has 1 atom stereocenters. The van der Waals surface area contributed by atoms with E-state index in [1.807, 2.05) is 45.9 Å². The maximum atomic E-state index is 12.3. The monoisotopic (exact) mass is 352 g/mol. The van der Waals surface area contributed by atoms with Crippen LogP contribution in [0.4, 0.5) is 0 Å². The number of amides is 1. The average molecular weight is 353 g/mol. The molecular formula is C15H17BrN2OS. The highest BCUT2D eigenvalue weighted by molar-refractivity contribution is 9.10. The third-order valence-corrected chi connectivity index (χ3v) is 4.70. The number of carbonyl (C=O) groups excluding carboxylic acids is 1. The van der Waals surface area contributed by atoms with Gasteiger partial charge in [-0.05, 0) is 51.5 Å². The number of nitrogens with one attached hydrogen (secondary N) is 1. The second-order valence-corrected chi connectivity index (χ2v) is 7.05. The first-order valence-corrected chi connectivity index (χ1v) is 7.99. The molecule has 0 fully saturated rings. The van der Waals surface area contributed by atoms with Gasteiger partial charge in [0.05, 0.1) is 16.7 Å². The van der Waals surface area contributed by atoms with Gasteiger partial charge in [0.25, 0.3) is 5.91 Å². The number of carbonyl (C=O) groups is 1. The van der Waals surface area contributed by atoms with Crippen LogP contribution in [-0.4, -0.2) is 10.9 Å². The molecule has 3 nitrogen and oxygen atoms in total. The Balaban J connectivity index is 2.17. The standard InChI is InChI=1S/C15H17BrN2OS/c1-8-5-12(7-13(16)6-8)15(19)18-10(3)14-9(2)17-11(4)20-14/h5-7,10H,1-4H3,(H,18,19). The van der Waals surface area contributed by atoms with Crippen LogP contribution in [0.15, 0.2) is 22.7 Å². The summed E-state index contributed by atoms with van der Waals surface area (Å²) in [7, 11) is 0. The van der Waals surface area contributed by atoms with Crippen LogP contribution >= 0.6 is 27.3 Å². The quantitative estimate of drug-likeness (QED) is 0.893. The number of nitrogens with zero attached hydrogens (tertiary/aromatic N) is 1. The highest BCUT2D eigenvalue weighted by Crippen LogP contribution is 2.25. The molecule has 0 radical (unpaired) electrons. The Morgan fingerprint density at radius 1 is 1.30 bits per heavy atom. The molecule has 0 saturated carbocycles. The van der Waals surface area contributed by atoms with Crippen LogP contribution in [0.3, 0.4) is 0 Å². The van der Waals surface area contributed by atoms with Gasteiger partial charge in [-0.2, -0.15) is 0 Å². The van der Waals surface area contributed by atoms with Crippen molar-refractivity contribution in [1.82, 2.24) is 10.3 Å². The maximum Gasteiger partial charge on any atom is 0.251 e. The molecule has 0 spiro atoms. The van der Waals surface area contributed by atoms with Gasteiger partial charge in [0.15, 0.2) is 0 Å². The molecule has 1 amide bonds. The van der Waals surface area contributed by atoms with Gasteiger partial charge in [0, 0.05) is 14.9 Å². The summed E-state index contributed by atoms with van der Waals surface area (Å²) in [6, 6.07) is 5.67. The minimum absolute atomic E-state index is 0.0343. The third-order valence-electron chi connectivity index (χ3n) is 2.98. The van der Waals surface area contributed by atoms with Crippen LogP contribution in [0, 0.1) is 20.8 Å². The minimum Gasteiger partial charge on any atom is -0.345 e. The Labute approximate surface area is 131 Å². The lowest BCUT2D eigenvalue weighted by molar-refractivity contribution is 0.0940. The topological polar surface area (TPSA) is 42.0 Å². The van der Waals surface area contributed by atoms with E-state index in [9.17, 15) is 4.79 Å². The van der Waals surface area contributed by atoms with Crippen molar-refractivity contribution < 1.29 is 4.79 Å². The average Bonchev–Trinajstić information content (AvgIpc) is 2.67. The van der Waals surface area contributed by atoms with Crippen LogP contribution in [-0.2, 0) is 0 Å². The Morgan fingerprint density at radius 3 is 2.55 bits per heavy atom. The fourth-order valence-electron chi connectivity index (χ4n) is 2.16. The summed E-state index contributed by atoms with van der Waals surface area (Å²) in [5, 5.41) is 4.06. The lowest BCUT2D eigenvalue weighted by Crippen LogP contribution is -2.26. The SMILES string of the molecule is Cc1cc(Br)cc(C(=O)NC(C)c2sc(C)nc2C)c1. The van der Waals surface area contributed by atoms with E-state index < -0.39 is 0 Å². The zero-order chi connectivity index (χ0) is 14.9.